The van der Waals surface area contributed by atoms with E-state index in [1.54, 1.807) is 0 Å². The summed E-state index contributed by atoms with van der Waals surface area (Å²) in [6, 6.07) is 5.21. The van der Waals surface area contributed by atoms with Gasteiger partial charge in [0.2, 0.25) is 0 Å². The molecule has 0 atom stereocenters. The maximum absolute atomic E-state index is 3.43. The van der Waals surface area contributed by atoms with Gasteiger partial charge in [-0.25, -0.2) is 0 Å². The third-order valence-corrected chi connectivity index (χ3v) is 15.5. The second-order valence-electron chi connectivity index (χ2n) is 15.2. The van der Waals surface area contributed by atoms with Crippen molar-refractivity contribution < 1.29 is 0 Å². The molecule has 6 fully saturated rings. The molecule has 3 nitrogen and oxygen atoms in total. The quantitative estimate of drug-likeness (QED) is 0.255. The van der Waals surface area contributed by atoms with E-state index < -0.39 is 0 Å². The Bertz CT molecular complexity index is 546. The topological polar surface area (TPSA) is 9.72 Å². The van der Waals surface area contributed by atoms with Crippen molar-refractivity contribution in [3.8, 4) is 0 Å². The maximum atomic E-state index is 3.43. The molecule has 0 radical (unpaired) electrons. The summed E-state index contributed by atoms with van der Waals surface area (Å²) in [5.74, 6) is 0. The van der Waals surface area contributed by atoms with Crippen LogP contribution in [-0.4, -0.2) is 50.3 Å². The Balaban J connectivity index is 1.45. The highest BCUT2D eigenvalue weighted by Crippen LogP contribution is 2.61. The second-order valence-corrected chi connectivity index (χ2v) is 17.1. The second kappa shape index (κ2) is 15.9. The van der Waals surface area contributed by atoms with E-state index in [1.807, 2.05) is 0 Å². The highest BCUT2D eigenvalue weighted by atomic mass is 31.2. The molecule has 6 saturated carbocycles. The maximum Gasteiger partial charge on any atom is 0.121 e. The molecule has 0 aromatic carbocycles. The Hall–Kier alpha value is 0.310. The van der Waals surface area contributed by atoms with Gasteiger partial charge in [-0.2, -0.15) is 0 Å². The van der Waals surface area contributed by atoms with E-state index in [2.05, 4.69) is 14.0 Å². The SMILES string of the molecule is C1CCC(N(C2CCCCC2)P(N(C2CCCCC2)C2CCCCC2)N(C2CCCCC2)C2CCCCC2)CC1. The molecule has 0 aliphatic heterocycles. The molecular weight excluding hydrogens is 505 g/mol. The number of hydrogen-bond acceptors (Lipinski definition) is 3. The van der Waals surface area contributed by atoms with Crippen molar-refractivity contribution in [1.29, 1.82) is 0 Å². The van der Waals surface area contributed by atoms with Crippen molar-refractivity contribution in [2.24, 2.45) is 0 Å². The van der Waals surface area contributed by atoms with E-state index in [-0.39, 0.29) is 8.37 Å². The van der Waals surface area contributed by atoms with Crippen LogP contribution in [0.5, 0.6) is 0 Å². The van der Waals surface area contributed by atoms with Crippen LogP contribution >= 0.6 is 8.37 Å². The van der Waals surface area contributed by atoms with E-state index in [0.29, 0.717) is 0 Å². The normalized spacial score (nSPS) is 28.8. The molecule has 0 spiro atoms. The van der Waals surface area contributed by atoms with Crippen LogP contribution in [-0.2, 0) is 0 Å². The molecule has 0 aromatic rings. The summed E-state index contributed by atoms with van der Waals surface area (Å²) in [7, 11) is -0.388. The Morgan fingerprint density at radius 2 is 0.375 bits per heavy atom. The molecular formula is C36H66N3P. The zero-order valence-electron chi connectivity index (χ0n) is 26.5. The molecule has 0 heterocycles. The zero-order valence-corrected chi connectivity index (χ0v) is 27.4. The predicted molar refractivity (Wildman–Crippen MR) is 174 cm³/mol. The van der Waals surface area contributed by atoms with Crippen LogP contribution in [0.1, 0.15) is 193 Å². The Labute approximate surface area is 250 Å². The first kappa shape index (κ1) is 30.3. The van der Waals surface area contributed by atoms with Gasteiger partial charge >= 0.3 is 0 Å². The minimum absolute atomic E-state index is 0.388. The lowest BCUT2D eigenvalue weighted by atomic mass is 9.90. The lowest BCUT2D eigenvalue weighted by molar-refractivity contribution is 0.0889. The minimum Gasteiger partial charge on any atom is -0.251 e. The monoisotopic (exact) mass is 571 g/mol. The molecule has 6 aliphatic carbocycles. The van der Waals surface area contributed by atoms with Crippen molar-refractivity contribution in [3.63, 3.8) is 0 Å². The predicted octanol–water partition coefficient (Wildman–Crippen LogP) is 11.1. The standard InChI is InChI=1S/C36H66N3P/c1-7-19-31(20-8-1)37(32-21-9-2-10-22-32)40(38(33-23-11-3-12-24-33)34-25-13-4-14-26-34)39(35-27-15-5-16-28-35)36-29-17-6-18-30-36/h31-36H,1-30H2. The van der Waals surface area contributed by atoms with E-state index in [1.165, 1.54) is 193 Å². The smallest absolute Gasteiger partial charge is 0.121 e. The molecule has 0 amide bonds. The zero-order chi connectivity index (χ0) is 27.0. The third kappa shape index (κ3) is 7.50. The van der Waals surface area contributed by atoms with Crippen LogP contribution in [0.25, 0.3) is 0 Å². The highest BCUT2D eigenvalue weighted by Gasteiger charge is 2.48. The van der Waals surface area contributed by atoms with Gasteiger partial charge in [0.25, 0.3) is 0 Å². The van der Waals surface area contributed by atoms with Gasteiger partial charge in [-0.15, -0.1) is 0 Å². The molecule has 6 rings (SSSR count). The Morgan fingerprint density at radius 3 is 0.525 bits per heavy atom. The summed E-state index contributed by atoms with van der Waals surface area (Å²) in [5, 5.41) is 0. The number of rotatable bonds is 9. The number of hydrogen-bond donors (Lipinski definition) is 0. The first-order chi connectivity index (χ1) is 19.9. The summed E-state index contributed by atoms with van der Waals surface area (Å²) in [6.45, 7) is 0. The van der Waals surface area contributed by atoms with Crippen molar-refractivity contribution in [1.82, 2.24) is 14.0 Å². The van der Waals surface area contributed by atoms with Gasteiger partial charge in [0, 0.05) is 36.3 Å². The summed E-state index contributed by atoms with van der Waals surface area (Å²) >= 11 is 0. The lowest BCUT2D eigenvalue weighted by Crippen LogP contribution is -2.57. The van der Waals surface area contributed by atoms with Gasteiger partial charge in [-0.05, 0) is 77.0 Å². The van der Waals surface area contributed by atoms with Crippen LogP contribution in [0.2, 0.25) is 0 Å². The summed E-state index contributed by atoms with van der Waals surface area (Å²) < 4.78 is 10.3. The van der Waals surface area contributed by atoms with Gasteiger partial charge in [0.05, 0.1) is 0 Å². The van der Waals surface area contributed by atoms with E-state index in [9.17, 15) is 0 Å². The molecule has 6 aliphatic rings. The van der Waals surface area contributed by atoms with E-state index in [4.69, 9.17) is 0 Å². The molecule has 230 valence electrons. The third-order valence-electron chi connectivity index (χ3n) is 12.3. The average molecular weight is 572 g/mol. The van der Waals surface area contributed by atoms with Gasteiger partial charge in [0.1, 0.15) is 8.37 Å². The van der Waals surface area contributed by atoms with Crippen LogP contribution in [0, 0.1) is 0 Å². The first-order valence-corrected chi connectivity index (χ1v) is 20.2. The van der Waals surface area contributed by atoms with Crippen LogP contribution < -0.4 is 0 Å². The van der Waals surface area contributed by atoms with Crippen LogP contribution in [0.15, 0.2) is 0 Å². The highest BCUT2D eigenvalue weighted by molar-refractivity contribution is 7.50. The van der Waals surface area contributed by atoms with Gasteiger partial charge < -0.3 is 0 Å². The van der Waals surface area contributed by atoms with Crippen LogP contribution in [0.4, 0.5) is 0 Å². The molecule has 0 saturated heterocycles. The average Bonchev–Trinajstić information content (AvgIpc) is 3.04. The molecule has 0 aromatic heterocycles. The van der Waals surface area contributed by atoms with Crippen molar-refractivity contribution >= 4 is 8.37 Å². The minimum atomic E-state index is -0.388. The fourth-order valence-electron chi connectivity index (χ4n) is 10.2. The molecule has 4 heteroatoms. The fourth-order valence-corrected chi connectivity index (χ4v) is 14.1. The first-order valence-electron chi connectivity index (χ1n) is 19.0. The lowest BCUT2D eigenvalue weighted by Gasteiger charge is -2.60. The van der Waals surface area contributed by atoms with Crippen molar-refractivity contribution in [2.45, 2.75) is 229 Å². The van der Waals surface area contributed by atoms with Gasteiger partial charge in [-0.1, -0.05) is 116 Å². The molecule has 0 N–H and O–H groups in total. The molecule has 0 bridgehead atoms. The van der Waals surface area contributed by atoms with Gasteiger partial charge in [0.15, 0.2) is 0 Å². The summed E-state index contributed by atoms with van der Waals surface area (Å²) in [5.41, 5.74) is 0. The van der Waals surface area contributed by atoms with Crippen molar-refractivity contribution in [2.75, 3.05) is 0 Å². The largest absolute Gasteiger partial charge is 0.251 e. The molecule has 40 heavy (non-hydrogen) atoms. The Kier molecular flexibility index (Phi) is 12.0. The van der Waals surface area contributed by atoms with Crippen LogP contribution in [0.3, 0.4) is 0 Å². The summed E-state index contributed by atoms with van der Waals surface area (Å²) in [4.78, 5) is 0. The number of nitrogens with zero attached hydrogens (tertiary/aromatic N) is 3. The van der Waals surface area contributed by atoms with Crippen molar-refractivity contribution in [3.05, 3.63) is 0 Å². The van der Waals surface area contributed by atoms with E-state index in [0.717, 1.165) is 36.3 Å². The fraction of sp³-hybridized carbons (Fsp3) is 1.00. The Morgan fingerprint density at radius 1 is 0.225 bits per heavy atom. The van der Waals surface area contributed by atoms with Gasteiger partial charge in [-0.3, -0.25) is 14.0 Å². The molecule has 0 unspecified atom stereocenters. The summed E-state index contributed by atoms with van der Waals surface area (Å²) in [6.07, 6.45) is 45.0. The van der Waals surface area contributed by atoms with E-state index >= 15 is 0 Å².